The Morgan fingerprint density at radius 2 is 2.17 bits per heavy atom. The lowest BCUT2D eigenvalue weighted by atomic mass is 10.1. The van der Waals surface area contributed by atoms with Crippen LogP contribution in [0.4, 0.5) is 0 Å². The molecule has 0 spiro atoms. The van der Waals surface area contributed by atoms with Crippen LogP contribution in [0.1, 0.15) is 16.1 Å². The van der Waals surface area contributed by atoms with Gasteiger partial charge in [0.2, 0.25) is 0 Å². The van der Waals surface area contributed by atoms with Crippen molar-refractivity contribution in [1.29, 1.82) is 0 Å². The number of H-pyrrole nitrogens is 2. The van der Waals surface area contributed by atoms with Crippen LogP contribution >= 0.6 is 0 Å². The molecule has 0 aliphatic carbocycles. The van der Waals surface area contributed by atoms with Crippen molar-refractivity contribution >= 4 is 16.9 Å². The van der Waals surface area contributed by atoms with Gasteiger partial charge in [0.25, 0.3) is 0 Å². The third-order valence-corrected chi connectivity index (χ3v) is 2.95. The molecule has 5 nitrogen and oxygen atoms in total. The summed E-state index contributed by atoms with van der Waals surface area (Å²) < 4.78 is 0. The van der Waals surface area contributed by atoms with Gasteiger partial charge in [0.1, 0.15) is 5.69 Å². The third-order valence-electron chi connectivity index (χ3n) is 2.95. The Morgan fingerprint density at radius 3 is 2.94 bits per heavy atom. The number of carboxylic acids is 1. The minimum Gasteiger partial charge on any atom is -0.477 e. The SMILES string of the molecule is Cc1ccc2c(-c3nc[nH]c3C(=O)O)c[nH]c2c1. The van der Waals surface area contributed by atoms with Crippen molar-refractivity contribution in [3.05, 3.63) is 42.0 Å². The lowest BCUT2D eigenvalue weighted by Gasteiger charge is -1.98. The number of nitrogens with zero attached hydrogens (tertiary/aromatic N) is 1. The molecule has 18 heavy (non-hydrogen) atoms. The van der Waals surface area contributed by atoms with Crippen LogP contribution in [0, 0.1) is 6.92 Å². The van der Waals surface area contributed by atoms with Gasteiger partial charge < -0.3 is 15.1 Å². The average molecular weight is 241 g/mol. The minimum absolute atomic E-state index is 0.108. The van der Waals surface area contributed by atoms with E-state index in [0.717, 1.165) is 22.0 Å². The Kier molecular flexibility index (Phi) is 2.19. The third kappa shape index (κ3) is 1.48. The van der Waals surface area contributed by atoms with Gasteiger partial charge >= 0.3 is 5.97 Å². The van der Waals surface area contributed by atoms with E-state index in [4.69, 9.17) is 5.11 Å². The quantitative estimate of drug-likeness (QED) is 0.644. The van der Waals surface area contributed by atoms with E-state index in [9.17, 15) is 4.79 Å². The fraction of sp³-hybridized carbons (Fsp3) is 0.0769. The molecule has 0 amide bonds. The number of benzene rings is 1. The summed E-state index contributed by atoms with van der Waals surface area (Å²) in [5.74, 6) is -1.01. The lowest BCUT2D eigenvalue weighted by molar-refractivity contribution is 0.0692. The van der Waals surface area contributed by atoms with Gasteiger partial charge in [0.15, 0.2) is 5.69 Å². The summed E-state index contributed by atoms with van der Waals surface area (Å²) >= 11 is 0. The van der Waals surface area contributed by atoms with E-state index in [1.165, 1.54) is 6.33 Å². The molecule has 5 heteroatoms. The van der Waals surface area contributed by atoms with E-state index in [2.05, 4.69) is 15.0 Å². The second-order valence-electron chi connectivity index (χ2n) is 4.18. The standard InChI is InChI=1S/C13H11N3O2/c1-7-2-3-8-9(5-14-10(8)4-7)11-12(13(17)18)16-6-15-11/h2-6,14H,1H3,(H,15,16)(H,17,18). The van der Waals surface area contributed by atoms with Crippen molar-refractivity contribution in [2.45, 2.75) is 6.92 Å². The molecular weight excluding hydrogens is 230 g/mol. The van der Waals surface area contributed by atoms with Crippen LogP contribution in [0.5, 0.6) is 0 Å². The fourth-order valence-corrected chi connectivity index (χ4v) is 2.10. The number of fused-ring (bicyclic) bond motifs is 1. The summed E-state index contributed by atoms with van der Waals surface area (Å²) in [6, 6.07) is 5.98. The first-order valence-corrected chi connectivity index (χ1v) is 5.51. The zero-order valence-corrected chi connectivity index (χ0v) is 9.69. The van der Waals surface area contributed by atoms with Gasteiger partial charge in [-0.1, -0.05) is 12.1 Å². The Labute approximate surface area is 102 Å². The van der Waals surface area contributed by atoms with Gasteiger partial charge in [-0.3, -0.25) is 0 Å². The van der Waals surface area contributed by atoms with Gasteiger partial charge in [-0.15, -0.1) is 0 Å². The number of rotatable bonds is 2. The highest BCUT2D eigenvalue weighted by Gasteiger charge is 2.17. The van der Waals surface area contributed by atoms with E-state index in [0.29, 0.717) is 5.69 Å². The van der Waals surface area contributed by atoms with Crippen LogP contribution in [0.2, 0.25) is 0 Å². The van der Waals surface area contributed by atoms with Crippen LogP contribution in [0.3, 0.4) is 0 Å². The predicted octanol–water partition coefficient (Wildman–Crippen LogP) is 2.56. The van der Waals surface area contributed by atoms with Crippen LogP contribution in [-0.4, -0.2) is 26.0 Å². The summed E-state index contributed by atoms with van der Waals surface area (Å²) in [5, 5.41) is 10.1. The first-order valence-electron chi connectivity index (χ1n) is 5.51. The van der Waals surface area contributed by atoms with Crippen molar-refractivity contribution in [1.82, 2.24) is 15.0 Å². The normalized spacial score (nSPS) is 10.9. The summed E-state index contributed by atoms with van der Waals surface area (Å²) in [7, 11) is 0. The van der Waals surface area contributed by atoms with Crippen LogP contribution in [0.15, 0.2) is 30.7 Å². The van der Waals surface area contributed by atoms with Gasteiger partial charge in [-0.2, -0.15) is 0 Å². The largest absolute Gasteiger partial charge is 0.477 e. The van der Waals surface area contributed by atoms with E-state index in [1.807, 2.05) is 25.1 Å². The number of aromatic amines is 2. The first-order chi connectivity index (χ1) is 8.66. The van der Waals surface area contributed by atoms with Gasteiger partial charge in [0.05, 0.1) is 6.33 Å². The second kappa shape index (κ2) is 3.73. The average Bonchev–Trinajstić information content (AvgIpc) is 2.92. The molecule has 0 bridgehead atoms. The number of hydrogen-bond donors (Lipinski definition) is 3. The number of nitrogens with one attached hydrogen (secondary N) is 2. The molecule has 0 saturated carbocycles. The van der Waals surface area contributed by atoms with Gasteiger partial charge in [0, 0.05) is 22.7 Å². The molecule has 0 fully saturated rings. The maximum Gasteiger partial charge on any atom is 0.354 e. The highest BCUT2D eigenvalue weighted by atomic mass is 16.4. The highest BCUT2D eigenvalue weighted by Crippen LogP contribution is 2.29. The van der Waals surface area contributed by atoms with E-state index in [1.54, 1.807) is 6.20 Å². The van der Waals surface area contributed by atoms with Crippen molar-refractivity contribution in [2.24, 2.45) is 0 Å². The number of hydrogen-bond acceptors (Lipinski definition) is 2. The molecule has 0 saturated heterocycles. The Balaban J connectivity index is 2.26. The molecule has 0 unspecified atom stereocenters. The Hall–Kier alpha value is -2.56. The molecular formula is C13H11N3O2. The lowest BCUT2D eigenvalue weighted by Crippen LogP contribution is -1.98. The van der Waals surface area contributed by atoms with Crippen molar-refractivity contribution in [2.75, 3.05) is 0 Å². The fourth-order valence-electron chi connectivity index (χ4n) is 2.10. The molecule has 0 aliphatic rings. The molecule has 2 heterocycles. The minimum atomic E-state index is -1.01. The number of imidazole rings is 1. The predicted molar refractivity (Wildman–Crippen MR) is 67.6 cm³/mol. The van der Waals surface area contributed by atoms with E-state index in [-0.39, 0.29) is 5.69 Å². The molecule has 3 N–H and O–H groups in total. The van der Waals surface area contributed by atoms with E-state index >= 15 is 0 Å². The van der Waals surface area contributed by atoms with Crippen LogP contribution in [-0.2, 0) is 0 Å². The van der Waals surface area contributed by atoms with Crippen LogP contribution in [0.25, 0.3) is 22.2 Å². The van der Waals surface area contributed by atoms with Crippen LogP contribution < -0.4 is 0 Å². The van der Waals surface area contributed by atoms with Crippen molar-refractivity contribution in [3.63, 3.8) is 0 Å². The number of carboxylic acid groups (broad SMARTS) is 1. The molecule has 2 aromatic heterocycles. The molecule has 1 aromatic carbocycles. The smallest absolute Gasteiger partial charge is 0.354 e. The molecule has 3 aromatic rings. The number of aromatic carboxylic acids is 1. The molecule has 0 aliphatic heterocycles. The Morgan fingerprint density at radius 1 is 1.33 bits per heavy atom. The topological polar surface area (TPSA) is 81.8 Å². The summed E-state index contributed by atoms with van der Waals surface area (Å²) in [5.41, 5.74) is 3.48. The van der Waals surface area contributed by atoms with Crippen molar-refractivity contribution in [3.8, 4) is 11.3 Å². The Bertz CT molecular complexity index is 740. The van der Waals surface area contributed by atoms with E-state index < -0.39 is 5.97 Å². The monoisotopic (exact) mass is 241 g/mol. The summed E-state index contributed by atoms with van der Waals surface area (Å²) in [4.78, 5) is 21.0. The molecule has 0 atom stereocenters. The molecule has 3 rings (SSSR count). The maximum absolute atomic E-state index is 11.1. The molecule has 90 valence electrons. The molecule has 0 radical (unpaired) electrons. The highest BCUT2D eigenvalue weighted by molar-refractivity contribution is 6.01. The summed E-state index contributed by atoms with van der Waals surface area (Å²) in [6.07, 6.45) is 3.18. The maximum atomic E-state index is 11.1. The van der Waals surface area contributed by atoms with Gasteiger partial charge in [-0.05, 0) is 18.6 Å². The zero-order valence-electron chi connectivity index (χ0n) is 9.69. The number of carbonyl (C=O) groups is 1. The van der Waals surface area contributed by atoms with Gasteiger partial charge in [-0.25, -0.2) is 9.78 Å². The van der Waals surface area contributed by atoms with Crippen molar-refractivity contribution < 1.29 is 9.90 Å². The summed E-state index contributed by atoms with van der Waals surface area (Å²) in [6.45, 7) is 2.01. The number of aryl methyl sites for hydroxylation is 1. The second-order valence-corrected chi connectivity index (χ2v) is 4.18. The number of aromatic nitrogens is 3. The first kappa shape index (κ1) is 10.6. The zero-order chi connectivity index (χ0) is 12.7.